The molecule has 0 bridgehead atoms. The average Bonchev–Trinajstić information content (AvgIpc) is 2.74. The zero-order chi connectivity index (χ0) is 14.6. The highest BCUT2D eigenvalue weighted by Crippen LogP contribution is 2.28. The maximum Gasteiger partial charge on any atom is 0.328 e. The van der Waals surface area contributed by atoms with Crippen LogP contribution in [0.3, 0.4) is 0 Å². The molecule has 8 heteroatoms. The number of methoxy groups -OCH3 is 1. The number of hydrogen-bond acceptors (Lipinski definition) is 5. The Hall–Kier alpha value is -0.850. The third kappa shape index (κ3) is 3.81. The molecule has 1 heterocycles. The molecule has 2 unspecified atom stereocenters. The lowest BCUT2D eigenvalue weighted by Gasteiger charge is -2.21. The van der Waals surface area contributed by atoms with Gasteiger partial charge in [-0.3, -0.25) is 4.79 Å². The molecule has 0 aliphatic heterocycles. The van der Waals surface area contributed by atoms with Crippen molar-refractivity contribution in [3.05, 3.63) is 15.1 Å². The smallest absolute Gasteiger partial charge is 0.328 e. The van der Waals surface area contributed by atoms with Crippen molar-refractivity contribution in [3.8, 4) is 0 Å². The summed E-state index contributed by atoms with van der Waals surface area (Å²) in [7, 11) is 1.28. The summed E-state index contributed by atoms with van der Waals surface area (Å²) < 4.78 is 8.46. The fourth-order valence-electron chi connectivity index (χ4n) is 1.40. The summed E-state index contributed by atoms with van der Waals surface area (Å²) in [4.78, 5) is 23.9. The third-order valence-electron chi connectivity index (χ3n) is 2.76. The minimum atomic E-state index is -0.723. The van der Waals surface area contributed by atoms with Crippen molar-refractivity contribution in [2.45, 2.75) is 26.3 Å². The number of ether oxygens (including phenoxy) is 1. The van der Waals surface area contributed by atoms with Crippen molar-refractivity contribution in [1.29, 1.82) is 0 Å². The summed E-state index contributed by atoms with van der Waals surface area (Å²) in [5.74, 6) is -1.03. The lowest BCUT2D eigenvalue weighted by Crippen LogP contribution is -2.45. The summed E-state index contributed by atoms with van der Waals surface area (Å²) in [5.41, 5.74) is 0. The molecular formula is C11H14Cl2N2O3S. The number of nitrogens with one attached hydrogen (secondary N) is 1. The van der Waals surface area contributed by atoms with E-state index in [0.29, 0.717) is 0 Å². The Morgan fingerprint density at radius 2 is 2.11 bits per heavy atom. The average molecular weight is 325 g/mol. The van der Waals surface area contributed by atoms with E-state index in [1.807, 2.05) is 13.8 Å². The minimum Gasteiger partial charge on any atom is -0.467 e. The molecule has 0 spiro atoms. The fourth-order valence-corrected chi connectivity index (χ4v) is 2.52. The monoisotopic (exact) mass is 324 g/mol. The van der Waals surface area contributed by atoms with Crippen LogP contribution in [0.4, 0.5) is 0 Å². The van der Waals surface area contributed by atoms with Gasteiger partial charge in [0.2, 0.25) is 0 Å². The summed E-state index contributed by atoms with van der Waals surface area (Å²) in [6.07, 6.45) is 0.719. The van der Waals surface area contributed by atoms with Gasteiger partial charge >= 0.3 is 5.97 Å². The highest BCUT2D eigenvalue weighted by molar-refractivity contribution is 7.09. The summed E-state index contributed by atoms with van der Waals surface area (Å²) >= 11 is 12.4. The number of rotatable bonds is 5. The van der Waals surface area contributed by atoms with Crippen LogP contribution < -0.4 is 5.32 Å². The quantitative estimate of drug-likeness (QED) is 0.845. The van der Waals surface area contributed by atoms with Crippen LogP contribution in [-0.2, 0) is 9.53 Å². The Labute approximate surface area is 125 Å². The van der Waals surface area contributed by atoms with Gasteiger partial charge in [0.25, 0.3) is 5.91 Å². The summed E-state index contributed by atoms with van der Waals surface area (Å²) in [6.45, 7) is 3.77. The highest BCUT2D eigenvalue weighted by atomic mass is 35.5. The van der Waals surface area contributed by atoms with Crippen molar-refractivity contribution in [2.75, 3.05) is 7.11 Å². The number of aromatic nitrogens is 1. The topological polar surface area (TPSA) is 68.3 Å². The highest BCUT2D eigenvalue weighted by Gasteiger charge is 2.28. The molecule has 0 saturated heterocycles. The van der Waals surface area contributed by atoms with Crippen LogP contribution in [-0.4, -0.2) is 29.4 Å². The first-order valence-corrected chi connectivity index (χ1v) is 7.14. The maximum absolute atomic E-state index is 12.0. The first-order chi connectivity index (χ1) is 8.92. The number of nitrogens with zero attached hydrogens (tertiary/aromatic N) is 1. The SMILES string of the molecule is CCC(C)C(NC(=O)c1snc(Cl)c1Cl)C(=O)OC. The van der Waals surface area contributed by atoms with Crippen molar-refractivity contribution >= 4 is 46.6 Å². The number of carbonyl (C=O) groups excluding carboxylic acids is 2. The molecular weight excluding hydrogens is 311 g/mol. The molecule has 1 amide bonds. The van der Waals surface area contributed by atoms with Gasteiger partial charge in [0.15, 0.2) is 5.15 Å². The Kier molecular flexibility index (Phi) is 6.03. The van der Waals surface area contributed by atoms with E-state index in [9.17, 15) is 9.59 Å². The second-order valence-electron chi connectivity index (χ2n) is 3.98. The van der Waals surface area contributed by atoms with E-state index in [1.54, 1.807) is 0 Å². The van der Waals surface area contributed by atoms with E-state index in [0.717, 1.165) is 18.0 Å². The van der Waals surface area contributed by atoms with E-state index in [1.165, 1.54) is 7.11 Å². The van der Waals surface area contributed by atoms with Crippen LogP contribution in [0, 0.1) is 5.92 Å². The van der Waals surface area contributed by atoms with Crippen LogP contribution in [0.1, 0.15) is 29.9 Å². The van der Waals surface area contributed by atoms with Gasteiger partial charge < -0.3 is 10.1 Å². The summed E-state index contributed by atoms with van der Waals surface area (Å²) in [6, 6.07) is -0.723. The van der Waals surface area contributed by atoms with Gasteiger partial charge in [-0.25, -0.2) is 4.79 Å². The Balaban J connectivity index is 2.88. The van der Waals surface area contributed by atoms with E-state index in [4.69, 9.17) is 23.2 Å². The van der Waals surface area contributed by atoms with E-state index < -0.39 is 17.9 Å². The minimum absolute atomic E-state index is 0.0569. The molecule has 0 fully saturated rings. The molecule has 19 heavy (non-hydrogen) atoms. The van der Waals surface area contributed by atoms with Gasteiger partial charge in [-0.15, -0.1) is 0 Å². The number of hydrogen-bond donors (Lipinski definition) is 1. The van der Waals surface area contributed by atoms with Crippen LogP contribution in [0.15, 0.2) is 0 Å². The Morgan fingerprint density at radius 3 is 2.53 bits per heavy atom. The number of halogens is 2. The molecule has 1 N–H and O–H groups in total. The molecule has 0 saturated carbocycles. The van der Waals surface area contributed by atoms with Gasteiger partial charge in [-0.1, -0.05) is 43.5 Å². The molecule has 106 valence electrons. The van der Waals surface area contributed by atoms with Gasteiger partial charge in [-0.05, 0) is 17.5 Å². The molecule has 5 nitrogen and oxygen atoms in total. The maximum atomic E-state index is 12.0. The fraction of sp³-hybridized carbons (Fsp3) is 0.545. The van der Waals surface area contributed by atoms with E-state index in [-0.39, 0.29) is 21.0 Å². The van der Waals surface area contributed by atoms with Gasteiger partial charge in [0.05, 0.1) is 7.11 Å². The van der Waals surface area contributed by atoms with Crippen molar-refractivity contribution < 1.29 is 14.3 Å². The van der Waals surface area contributed by atoms with Gasteiger partial charge in [-0.2, -0.15) is 4.37 Å². The van der Waals surface area contributed by atoms with Crippen LogP contribution in [0.5, 0.6) is 0 Å². The second kappa shape index (κ2) is 7.07. The van der Waals surface area contributed by atoms with Crippen molar-refractivity contribution in [2.24, 2.45) is 5.92 Å². The molecule has 0 radical (unpaired) electrons. The zero-order valence-corrected chi connectivity index (χ0v) is 13.0. The lowest BCUT2D eigenvalue weighted by molar-refractivity contribution is -0.144. The molecule has 1 aromatic rings. The molecule has 2 atom stereocenters. The Bertz CT molecular complexity index is 479. The molecule has 0 aliphatic rings. The normalized spacial score (nSPS) is 13.7. The largest absolute Gasteiger partial charge is 0.467 e. The van der Waals surface area contributed by atoms with E-state index in [2.05, 4.69) is 14.4 Å². The molecule has 0 aromatic carbocycles. The molecule has 0 aliphatic carbocycles. The Morgan fingerprint density at radius 1 is 1.47 bits per heavy atom. The van der Waals surface area contributed by atoms with Gasteiger partial charge in [0, 0.05) is 0 Å². The zero-order valence-electron chi connectivity index (χ0n) is 10.7. The first-order valence-electron chi connectivity index (χ1n) is 5.61. The van der Waals surface area contributed by atoms with E-state index >= 15 is 0 Å². The standard InChI is InChI=1S/C11H14Cl2N2O3S/c1-4-5(2)7(11(17)18-3)14-10(16)8-6(12)9(13)15-19-8/h5,7H,4H2,1-3H3,(H,14,16). The van der Waals surface area contributed by atoms with Crippen LogP contribution >= 0.6 is 34.7 Å². The van der Waals surface area contributed by atoms with Crippen molar-refractivity contribution in [1.82, 2.24) is 9.69 Å². The number of carbonyl (C=O) groups is 2. The first kappa shape index (κ1) is 16.2. The predicted octanol–water partition coefficient (Wildman–Crippen LogP) is 2.77. The summed E-state index contributed by atoms with van der Waals surface area (Å²) in [5, 5.41) is 2.78. The number of amides is 1. The van der Waals surface area contributed by atoms with Crippen LogP contribution in [0.25, 0.3) is 0 Å². The number of esters is 1. The van der Waals surface area contributed by atoms with Gasteiger partial charge in [0.1, 0.15) is 15.9 Å². The van der Waals surface area contributed by atoms with Crippen LogP contribution in [0.2, 0.25) is 10.2 Å². The lowest BCUT2D eigenvalue weighted by atomic mass is 9.99. The third-order valence-corrected chi connectivity index (χ3v) is 4.55. The molecule has 1 rings (SSSR count). The predicted molar refractivity (Wildman–Crippen MR) is 74.9 cm³/mol. The molecule has 1 aromatic heterocycles. The second-order valence-corrected chi connectivity index (χ2v) is 5.49. The van der Waals surface area contributed by atoms with Crippen molar-refractivity contribution in [3.63, 3.8) is 0 Å².